The summed E-state index contributed by atoms with van der Waals surface area (Å²) in [6.45, 7) is 4.02. The molecule has 1 aromatic rings. The van der Waals surface area contributed by atoms with Crippen LogP contribution in [-0.4, -0.2) is 52.0 Å². The second kappa shape index (κ2) is 5.74. The highest BCUT2D eigenvalue weighted by Crippen LogP contribution is 2.41. The fourth-order valence-electron chi connectivity index (χ4n) is 4.63. The van der Waals surface area contributed by atoms with Crippen molar-refractivity contribution in [2.24, 2.45) is 10.9 Å². The lowest BCUT2D eigenvalue weighted by Crippen LogP contribution is -2.42. The molecule has 2 fully saturated rings. The Labute approximate surface area is 152 Å². The van der Waals surface area contributed by atoms with Crippen LogP contribution >= 0.6 is 0 Å². The van der Waals surface area contributed by atoms with Gasteiger partial charge in [-0.15, -0.1) is 0 Å². The zero-order valence-electron chi connectivity index (χ0n) is 15.1. The second-order valence-electron chi connectivity index (χ2n) is 8.32. The maximum Gasteiger partial charge on any atom is 0.324 e. The first-order chi connectivity index (χ1) is 12.5. The summed E-state index contributed by atoms with van der Waals surface area (Å²) in [5.74, 6) is 1.78. The molecule has 7 heteroatoms. The Balaban J connectivity index is 1.29. The minimum atomic E-state index is -1.07. The van der Waals surface area contributed by atoms with Crippen molar-refractivity contribution >= 4 is 17.5 Å². The summed E-state index contributed by atoms with van der Waals surface area (Å²) < 4.78 is 5.44. The van der Waals surface area contributed by atoms with Crippen LogP contribution in [0.1, 0.15) is 57.2 Å². The number of anilines is 1. The molecule has 0 spiro atoms. The summed E-state index contributed by atoms with van der Waals surface area (Å²) in [6, 6.07) is 0.633. The molecule has 0 radical (unpaired) electrons. The highest BCUT2D eigenvalue weighted by atomic mass is 16.5. The summed E-state index contributed by atoms with van der Waals surface area (Å²) >= 11 is 0. The molecule has 1 saturated heterocycles. The third kappa shape index (κ3) is 2.69. The number of rotatable bonds is 3. The van der Waals surface area contributed by atoms with Gasteiger partial charge in [0.1, 0.15) is 5.78 Å². The number of hydrogen-bond donors (Lipinski definition) is 1. The van der Waals surface area contributed by atoms with Gasteiger partial charge in [0.05, 0.1) is 12.1 Å². The van der Waals surface area contributed by atoms with Crippen LogP contribution in [0, 0.1) is 5.92 Å². The van der Waals surface area contributed by atoms with E-state index >= 15 is 0 Å². The molecule has 1 aromatic heterocycles. The molecular weight excluding hydrogens is 332 g/mol. The van der Waals surface area contributed by atoms with E-state index in [0.29, 0.717) is 30.8 Å². The molecule has 0 bridgehead atoms. The maximum atomic E-state index is 11.9. The van der Waals surface area contributed by atoms with Crippen LogP contribution in [0.15, 0.2) is 20.7 Å². The molecule has 3 heterocycles. The van der Waals surface area contributed by atoms with E-state index in [1.807, 2.05) is 0 Å². The zero-order valence-corrected chi connectivity index (χ0v) is 15.1. The summed E-state index contributed by atoms with van der Waals surface area (Å²) in [4.78, 5) is 23.3. The summed E-state index contributed by atoms with van der Waals surface area (Å²) in [5.41, 5.74) is 1.93. The monoisotopic (exact) mass is 356 g/mol. The highest BCUT2D eigenvalue weighted by Gasteiger charge is 2.43. The molecule has 4 aliphatic rings. The Morgan fingerprint density at radius 3 is 2.69 bits per heavy atom. The van der Waals surface area contributed by atoms with Gasteiger partial charge in [0, 0.05) is 49.1 Å². The van der Waals surface area contributed by atoms with E-state index in [0.717, 1.165) is 48.6 Å². The molecule has 2 aliphatic heterocycles. The third-order valence-electron chi connectivity index (χ3n) is 6.07. The minimum Gasteiger partial charge on any atom is -0.385 e. The van der Waals surface area contributed by atoms with Gasteiger partial charge in [0.25, 0.3) is 0 Å². The molecule has 26 heavy (non-hydrogen) atoms. The van der Waals surface area contributed by atoms with Crippen molar-refractivity contribution in [3.8, 4) is 0 Å². The van der Waals surface area contributed by atoms with Crippen LogP contribution in [0.25, 0.3) is 0 Å². The van der Waals surface area contributed by atoms with Crippen molar-refractivity contribution < 1.29 is 14.4 Å². The molecule has 1 unspecified atom stereocenters. The number of carbonyl (C=O) groups is 1. The molecule has 0 aromatic carbocycles. The quantitative estimate of drug-likeness (QED) is 0.891. The Bertz CT molecular complexity index is 811. The average molecular weight is 356 g/mol. The fourth-order valence-corrected chi connectivity index (χ4v) is 4.63. The normalized spacial score (nSPS) is 30.0. The summed E-state index contributed by atoms with van der Waals surface area (Å²) in [7, 11) is 0. The fraction of sp³-hybridized carbons (Fsp3) is 0.684. The van der Waals surface area contributed by atoms with Crippen LogP contribution in [0.3, 0.4) is 0 Å². The number of ketones is 1. The molecule has 1 atom stereocenters. The van der Waals surface area contributed by atoms with Crippen molar-refractivity contribution in [1.82, 2.24) is 10.1 Å². The topological polar surface area (TPSA) is 91.8 Å². The van der Waals surface area contributed by atoms with Gasteiger partial charge in [-0.1, -0.05) is 5.16 Å². The predicted octanol–water partition coefficient (Wildman–Crippen LogP) is 2.03. The number of piperidine rings is 1. The van der Waals surface area contributed by atoms with Gasteiger partial charge in [-0.3, -0.25) is 9.79 Å². The van der Waals surface area contributed by atoms with E-state index in [1.165, 1.54) is 12.8 Å². The number of aromatic nitrogens is 2. The first kappa shape index (κ1) is 16.2. The maximum absolute atomic E-state index is 11.9. The van der Waals surface area contributed by atoms with Crippen LogP contribution in [-0.2, 0) is 4.79 Å². The summed E-state index contributed by atoms with van der Waals surface area (Å²) in [6.07, 6.45) is 4.88. The smallest absolute Gasteiger partial charge is 0.324 e. The summed E-state index contributed by atoms with van der Waals surface area (Å²) in [5, 5.41) is 14.9. The van der Waals surface area contributed by atoms with E-state index in [4.69, 9.17) is 9.52 Å². The molecular formula is C19H24N4O3. The van der Waals surface area contributed by atoms with Crippen LogP contribution in [0.5, 0.6) is 0 Å². The Kier molecular flexibility index (Phi) is 3.57. The first-order valence-electron chi connectivity index (χ1n) is 9.61. The van der Waals surface area contributed by atoms with Crippen molar-refractivity contribution in [2.75, 3.05) is 24.5 Å². The highest BCUT2D eigenvalue weighted by molar-refractivity contribution is 6.08. The number of nitrogens with zero attached hydrogens (tertiary/aromatic N) is 4. The molecule has 138 valence electrons. The zero-order chi connectivity index (χ0) is 17.9. The molecule has 1 saturated carbocycles. The third-order valence-corrected chi connectivity index (χ3v) is 6.07. The number of aliphatic hydroxyl groups is 1. The number of carbonyl (C=O) groups excluding carboxylic acids is 1. The Morgan fingerprint density at radius 1 is 1.19 bits per heavy atom. The lowest BCUT2D eigenvalue weighted by Gasteiger charge is -2.36. The number of hydrogen-bond acceptors (Lipinski definition) is 7. The SMILES string of the molecule is CC1(O)CC(=O)CC2=C1C(C1CCN(c3nc(C4CC4)no3)CC1)=NC2. The van der Waals surface area contributed by atoms with Crippen molar-refractivity contribution in [3.63, 3.8) is 0 Å². The van der Waals surface area contributed by atoms with Gasteiger partial charge in [0.15, 0.2) is 5.82 Å². The van der Waals surface area contributed by atoms with Gasteiger partial charge >= 0.3 is 6.01 Å². The van der Waals surface area contributed by atoms with Gasteiger partial charge in [-0.2, -0.15) is 4.98 Å². The standard InChI is InChI=1S/C19H24N4O3/c1-19(25)9-14(24)8-13-10-20-16(15(13)19)11-4-6-23(7-5-11)18-21-17(22-26-18)12-2-3-12/h11-12,25H,2-10H2,1H3. The largest absolute Gasteiger partial charge is 0.385 e. The lowest BCUT2D eigenvalue weighted by atomic mass is 9.74. The van der Waals surface area contributed by atoms with Gasteiger partial charge in [-0.05, 0) is 38.2 Å². The molecule has 1 N–H and O–H groups in total. The van der Waals surface area contributed by atoms with Gasteiger partial charge in [-0.25, -0.2) is 0 Å². The first-order valence-corrected chi connectivity index (χ1v) is 9.61. The predicted molar refractivity (Wildman–Crippen MR) is 95.4 cm³/mol. The van der Waals surface area contributed by atoms with E-state index < -0.39 is 5.60 Å². The molecule has 2 aliphatic carbocycles. The number of Topliss-reactive ketones (excluding diaryl/α,β-unsaturated/α-hetero) is 1. The van der Waals surface area contributed by atoms with E-state index in [-0.39, 0.29) is 12.2 Å². The Morgan fingerprint density at radius 2 is 1.96 bits per heavy atom. The van der Waals surface area contributed by atoms with Crippen LogP contribution in [0.2, 0.25) is 0 Å². The van der Waals surface area contributed by atoms with Crippen LogP contribution < -0.4 is 4.90 Å². The molecule has 5 rings (SSSR count). The van der Waals surface area contributed by atoms with E-state index in [2.05, 4.69) is 15.0 Å². The number of aliphatic imine (C=N–C) groups is 1. The van der Waals surface area contributed by atoms with Crippen molar-refractivity contribution in [2.45, 2.75) is 57.0 Å². The molecule has 0 amide bonds. The second-order valence-corrected chi connectivity index (χ2v) is 8.32. The minimum absolute atomic E-state index is 0.114. The van der Waals surface area contributed by atoms with E-state index in [9.17, 15) is 9.90 Å². The lowest BCUT2D eigenvalue weighted by molar-refractivity contribution is -0.122. The Hall–Kier alpha value is -2.02. The molecule has 7 nitrogen and oxygen atoms in total. The van der Waals surface area contributed by atoms with Crippen molar-refractivity contribution in [1.29, 1.82) is 0 Å². The van der Waals surface area contributed by atoms with Crippen LogP contribution in [0.4, 0.5) is 6.01 Å². The van der Waals surface area contributed by atoms with Gasteiger partial charge in [0.2, 0.25) is 0 Å². The average Bonchev–Trinajstić information content (AvgIpc) is 3.16. The van der Waals surface area contributed by atoms with E-state index in [1.54, 1.807) is 6.92 Å². The van der Waals surface area contributed by atoms with Crippen molar-refractivity contribution in [3.05, 3.63) is 17.0 Å². The van der Waals surface area contributed by atoms with Gasteiger partial charge < -0.3 is 14.5 Å².